The van der Waals surface area contributed by atoms with Gasteiger partial charge in [-0.15, -0.1) is 0 Å². The van der Waals surface area contributed by atoms with Crippen LogP contribution in [0.1, 0.15) is 24.0 Å². The number of halogens is 3. The SMILES string of the molecule is N#Cc1cc(NC(=O)C2CCN(C(=O)/C=C/c3ccccc3)CC2)ccc1OCC(F)(F)F. The Morgan fingerprint density at radius 1 is 1.15 bits per heavy atom. The Balaban J connectivity index is 1.52. The van der Waals surface area contributed by atoms with Crippen molar-refractivity contribution in [2.24, 2.45) is 5.92 Å². The van der Waals surface area contributed by atoms with Crippen molar-refractivity contribution in [3.63, 3.8) is 0 Å². The van der Waals surface area contributed by atoms with Crippen LogP contribution in [-0.4, -0.2) is 42.6 Å². The van der Waals surface area contributed by atoms with Crippen molar-refractivity contribution in [2.45, 2.75) is 19.0 Å². The van der Waals surface area contributed by atoms with Crippen LogP contribution >= 0.6 is 0 Å². The van der Waals surface area contributed by atoms with E-state index in [0.717, 1.165) is 5.56 Å². The van der Waals surface area contributed by atoms with Crippen LogP contribution in [0.5, 0.6) is 5.75 Å². The van der Waals surface area contributed by atoms with Crippen LogP contribution in [0.3, 0.4) is 0 Å². The molecule has 1 saturated heterocycles. The number of piperidine rings is 1. The molecule has 2 aromatic carbocycles. The zero-order chi connectivity index (χ0) is 23.8. The van der Waals surface area contributed by atoms with E-state index in [9.17, 15) is 28.0 Å². The summed E-state index contributed by atoms with van der Waals surface area (Å²) in [4.78, 5) is 26.7. The summed E-state index contributed by atoms with van der Waals surface area (Å²) in [6.07, 6.45) is -0.298. The molecule has 6 nitrogen and oxygen atoms in total. The van der Waals surface area contributed by atoms with E-state index in [-0.39, 0.29) is 29.0 Å². The number of amides is 2. The Morgan fingerprint density at radius 3 is 2.48 bits per heavy atom. The number of nitriles is 1. The van der Waals surface area contributed by atoms with Gasteiger partial charge in [-0.3, -0.25) is 9.59 Å². The molecule has 0 spiro atoms. The Bertz CT molecular complexity index is 1050. The quantitative estimate of drug-likeness (QED) is 0.653. The van der Waals surface area contributed by atoms with Crippen molar-refractivity contribution in [3.05, 3.63) is 65.7 Å². The summed E-state index contributed by atoms with van der Waals surface area (Å²) in [6, 6.07) is 15.1. The second-order valence-electron chi connectivity index (χ2n) is 7.56. The van der Waals surface area contributed by atoms with E-state index in [1.807, 2.05) is 30.3 Å². The topological polar surface area (TPSA) is 82.4 Å². The minimum absolute atomic E-state index is 0.109. The maximum absolute atomic E-state index is 12.6. The zero-order valence-corrected chi connectivity index (χ0v) is 17.6. The summed E-state index contributed by atoms with van der Waals surface area (Å²) in [5.74, 6) is -0.914. The summed E-state index contributed by atoms with van der Waals surface area (Å²) in [7, 11) is 0. The number of anilines is 1. The first-order valence-corrected chi connectivity index (χ1v) is 10.3. The number of rotatable bonds is 6. The molecular formula is C24H22F3N3O3. The summed E-state index contributed by atoms with van der Waals surface area (Å²) >= 11 is 0. The first kappa shape index (κ1) is 23.9. The van der Waals surface area contributed by atoms with Crippen LogP contribution < -0.4 is 10.1 Å². The number of carbonyl (C=O) groups excluding carboxylic acids is 2. The van der Waals surface area contributed by atoms with Crippen LogP contribution in [0, 0.1) is 17.2 Å². The molecule has 0 atom stereocenters. The molecule has 33 heavy (non-hydrogen) atoms. The number of carbonyl (C=O) groups is 2. The third-order valence-corrected chi connectivity index (χ3v) is 5.15. The number of nitrogens with zero attached hydrogens (tertiary/aromatic N) is 2. The lowest BCUT2D eigenvalue weighted by Gasteiger charge is -2.30. The minimum Gasteiger partial charge on any atom is -0.483 e. The molecule has 1 fully saturated rings. The van der Waals surface area contributed by atoms with Gasteiger partial charge >= 0.3 is 6.18 Å². The molecule has 0 aliphatic carbocycles. The van der Waals surface area contributed by atoms with Crippen LogP contribution in [0.15, 0.2) is 54.6 Å². The highest BCUT2D eigenvalue weighted by atomic mass is 19.4. The number of ether oxygens (including phenoxy) is 1. The lowest BCUT2D eigenvalue weighted by molar-refractivity contribution is -0.153. The molecule has 2 aromatic rings. The second-order valence-corrected chi connectivity index (χ2v) is 7.56. The lowest BCUT2D eigenvalue weighted by atomic mass is 9.95. The molecule has 1 heterocycles. The Labute approximate surface area is 189 Å². The van der Waals surface area contributed by atoms with E-state index in [2.05, 4.69) is 10.1 Å². The molecule has 0 unspecified atom stereocenters. The third kappa shape index (κ3) is 7.10. The van der Waals surface area contributed by atoms with Gasteiger partial charge in [-0.05, 0) is 42.7 Å². The molecule has 1 aliphatic heterocycles. The number of hydrogen-bond acceptors (Lipinski definition) is 4. The van der Waals surface area contributed by atoms with E-state index in [1.54, 1.807) is 17.0 Å². The van der Waals surface area contributed by atoms with E-state index in [4.69, 9.17) is 0 Å². The molecule has 1 aliphatic rings. The molecule has 172 valence electrons. The summed E-state index contributed by atoms with van der Waals surface area (Å²) in [6.45, 7) is -0.640. The van der Waals surface area contributed by atoms with E-state index < -0.39 is 12.8 Å². The number of alkyl halides is 3. The van der Waals surface area contributed by atoms with Gasteiger partial charge in [0.05, 0.1) is 5.56 Å². The number of hydrogen-bond donors (Lipinski definition) is 1. The van der Waals surface area contributed by atoms with E-state index in [1.165, 1.54) is 24.3 Å². The largest absolute Gasteiger partial charge is 0.483 e. The fourth-order valence-electron chi connectivity index (χ4n) is 3.42. The standard InChI is InChI=1S/C24H22F3N3O3/c25-24(26,27)16-33-21-8-7-20(14-19(21)15-28)29-23(32)18-10-12-30(13-11-18)22(31)9-6-17-4-2-1-3-5-17/h1-9,14,18H,10-13,16H2,(H,29,32)/b9-6+. The summed E-state index contributed by atoms with van der Waals surface area (Å²) < 4.78 is 41.7. The maximum Gasteiger partial charge on any atom is 0.422 e. The van der Waals surface area contributed by atoms with Gasteiger partial charge in [0.2, 0.25) is 11.8 Å². The molecular weight excluding hydrogens is 435 g/mol. The monoisotopic (exact) mass is 457 g/mol. The fraction of sp³-hybridized carbons (Fsp3) is 0.292. The third-order valence-electron chi connectivity index (χ3n) is 5.15. The van der Waals surface area contributed by atoms with E-state index in [0.29, 0.717) is 31.6 Å². The smallest absolute Gasteiger partial charge is 0.422 e. The van der Waals surface area contributed by atoms with Gasteiger partial charge in [-0.1, -0.05) is 30.3 Å². The number of nitrogens with one attached hydrogen (secondary N) is 1. The molecule has 3 rings (SSSR count). The lowest BCUT2D eigenvalue weighted by Crippen LogP contribution is -2.40. The van der Waals surface area contributed by atoms with Gasteiger partial charge in [-0.25, -0.2) is 0 Å². The predicted molar refractivity (Wildman–Crippen MR) is 116 cm³/mol. The average Bonchev–Trinajstić information content (AvgIpc) is 2.81. The number of benzene rings is 2. The van der Waals surface area contributed by atoms with Crippen LogP contribution in [0.4, 0.5) is 18.9 Å². The highest BCUT2D eigenvalue weighted by Gasteiger charge is 2.29. The molecule has 0 radical (unpaired) electrons. The van der Waals surface area contributed by atoms with Crippen LogP contribution in [-0.2, 0) is 9.59 Å². The minimum atomic E-state index is -4.52. The molecule has 2 amide bonds. The highest BCUT2D eigenvalue weighted by molar-refractivity contribution is 5.94. The molecule has 0 bridgehead atoms. The fourth-order valence-corrected chi connectivity index (χ4v) is 3.42. The maximum atomic E-state index is 12.6. The Morgan fingerprint density at radius 2 is 1.85 bits per heavy atom. The van der Waals surface area contributed by atoms with Gasteiger partial charge in [0.25, 0.3) is 0 Å². The highest BCUT2D eigenvalue weighted by Crippen LogP contribution is 2.26. The van der Waals surface area contributed by atoms with Crippen molar-refractivity contribution in [1.29, 1.82) is 5.26 Å². The molecule has 1 N–H and O–H groups in total. The summed E-state index contributed by atoms with van der Waals surface area (Å²) in [5, 5.41) is 11.9. The second kappa shape index (κ2) is 10.7. The van der Waals surface area contributed by atoms with Crippen molar-refractivity contribution in [2.75, 3.05) is 25.0 Å². The van der Waals surface area contributed by atoms with Crippen molar-refractivity contribution in [1.82, 2.24) is 4.90 Å². The van der Waals surface area contributed by atoms with Crippen molar-refractivity contribution in [3.8, 4) is 11.8 Å². The van der Waals surface area contributed by atoms with Gasteiger partial charge in [0, 0.05) is 30.8 Å². The molecule has 9 heteroatoms. The predicted octanol–water partition coefficient (Wildman–Crippen LogP) is 4.39. The van der Waals surface area contributed by atoms with E-state index >= 15 is 0 Å². The van der Waals surface area contributed by atoms with Crippen LogP contribution in [0.25, 0.3) is 6.08 Å². The van der Waals surface area contributed by atoms with Crippen LogP contribution in [0.2, 0.25) is 0 Å². The first-order chi connectivity index (χ1) is 15.7. The Kier molecular flexibility index (Phi) is 7.72. The van der Waals surface area contributed by atoms with Crippen molar-refractivity contribution >= 4 is 23.6 Å². The first-order valence-electron chi connectivity index (χ1n) is 10.3. The molecule has 0 saturated carbocycles. The zero-order valence-electron chi connectivity index (χ0n) is 17.6. The average molecular weight is 457 g/mol. The van der Waals surface area contributed by atoms with Gasteiger partial charge in [0.1, 0.15) is 11.8 Å². The molecule has 0 aromatic heterocycles. The van der Waals surface area contributed by atoms with Gasteiger partial charge in [0.15, 0.2) is 6.61 Å². The van der Waals surface area contributed by atoms with Crippen molar-refractivity contribution < 1.29 is 27.5 Å². The normalized spacial score (nSPS) is 14.7. The van der Waals surface area contributed by atoms with Gasteiger partial charge in [-0.2, -0.15) is 18.4 Å². The number of likely N-dealkylation sites (tertiary alicyclic amines) is 1. The van der Waals surface area contributed by atoms with Gasteiger partial charge < -0.3 is 15.0 Å². The Hall–Kier alpha value is -3.80. The summed E-state index contributed by atoms with van der Waals surface area (Å²) in [5.41, 5.74) is 1.11.